The second-order valence-corrected chi connectivity index (χ2v) is 7.99. The van der Waals surface area contributed by atoms with Gasteiger partial charge in [0.2, 0.25) is 5.91 Å². The number of hydrogen-bond acceptors (Lipinski definition) is 5. The van der Waals surface area contributed by atoms with E-state index in [4.69, 9.17) is 0 Å². The van der Waals surface area contributed by atoms with E-state index in [2.05, 4.69) is 34.6 Å². The van der Waals surface area contributed by atoms with E-state index in [1.807, 2.05) is 60.7 Å². The van der Waals surface area contributed by atoms with Gasteiger partial charge in [-0.2, -0.15) is 10.2 Å². The number of aryl methyl sites for hydroxylation is 1. The lowest BCUT2D eigenvalue weighted by Crippen LogP contribution is -2.25. The molecule has 1 atom stereocenters. The van der Waals surface area contributed by atoms with Crippen molar-refractivity contribution in [3.63, 3.8) is 0 Å². The van der Waals surface area contributed by atoms with Gasteiger partial charge in [-0.3, -0.25) is 14.9 Å². The second-order valence-electron chi connectivity index (χ2n) is 6.82. The zero-order valence-electron chi connectivity index (χ0n) is 15.8. The van der Waals surface area contributed by atoms with E-state index in [0.717, 1.165) is 34.3 Å². The summed E-state index contributed by atoms with van der Waals surface area (Å²) in [6.07, 6.45) is 0.514. The number of hydrogen-bond donors (Lipinski definition) is 1. The number of amides is 2. The maximum absolute atomic E-state index is 11.7. The molecule has 1 unspecified atom stereocenters. The Hall–Kier alpha value is -3.25. The maximum Gasteiger partial charge on any atom is 0.286 e. The Labute approximate surface area is 173 Å². The zero-order chi connectivity index (χ0) is 20.2. The van der Waals surface area contributed by atoms with Crippen LogP contribution < -0.4 is 5.32 Å². The smallest absolute Gasteiger partial charge is 0.286 e. The van der Waals surface area contributed by atoms with Gasteiger partial charge in [0, 0.05) is 0 Å². The summed E-state index contributed by atoms with van der Waals surface area (Å²) in [6.45, 7) is 2.10. The lowest BCUT2D eigenvalue weighted by atomic mass is 10.0. The van der Waals surface area contributed by atoms with Crippen molar-refractivity contribution in [2.45, 2.75) is 18.6 Å². The van der Waals surface area contributed by atoms with Crippen molar-refractivity contribution in [2.75, 3.05) is 0 Å². The van der Waals surface area contributed by atoms with Crippen LogP contribution in [0.25, 0.3) is 11.1 Å². The minimum atomic E-state index is -0.359. The lowest BCUT2D eigenvalue weighted by Gasteiger charge is -2.06. The molecule has 0 saturated carbocycles. The van der Waals surface area contributed by atoms with Gasteiger partial charge >= 0.3 is 0 Å². The van der Waals surface area contributed by atoms with Gasteiger partial charge in [0.15, 0.2) is 0 Å². The summed E-state index contributed by atoms with van der Waals surface area (Å²) in [5, 5.41) is 10.3. The molecule has 1 aliphatic heterocycles. The van der Waals surface area contributed by atoms with Crippen molar-refractivity contribution in [2.24, 2.45) is 10.2 Å². The second kappa shape index (κ2) is 8.41. The van der Waals surface area contributed by atoms with Crippen LogP contribution >= 0.6 is 11.8 Å². The van der Waals surface area contributed by atoms with Crippen LogP contribution in [0.1, 0.15) is 11.1 Å². The van der Waals surface area contributed by atoms with Gasteiger partial charge < -0.3 is 0 Å². The first kappa shape index (κ1) is 19.1. The summed E-state index contributed by atoms with van der Waals surface area (Å²) in [4.78, 5) is 22.9. The predicted octanol–water partition coefficient (Wildman–Crippen LogP) is 5.97. The summed E-state index contributed by atoms with van der Waals surface area (Å²) < 4.78 is 0. The molecular weight excluding hydrogens is 382 g/mol. The molecule has 2 amide bonds. The van der Waals surface area contributed by atoms with Crippen molar-refractivity contribution in [1.82, 2.24) is 5.32 Å². The van der Waals surface area contributed by atoms with Crippen LogP contribution in [0, 0.1) is 6.92 Å². The number of azo groups is 1. The first-order valence-electron chi connectivity index (χ1n) is 9.27. The predicted molar refractivity (Wildman–Crippen MR) is 116 cm³/mol. The third-order valence-corrected chi connectivity index (χ3v) is 5.71. The van der Waals surface area contributed by atoms with Crippen molar-refractivity contribution in [3.05, 3.63) is 83.9 Å². The van der Waals surface area contributed by atoms with Gasteiger partial charge in [-0.25, -0.2) is 0 Å². The van der Waals surface area contributed by atoms with Crippen LogP contribution in [0.15, 0.2) is 83.0 Å². The summed E-state index contributed by atoms with van der Waals surface area (Å²) in [7, 11) is 0. The molecule has 6 heteroatoms. The Bertz CT molecular complexity index is 1080. The molecule has 5 nitrogen and oxygen atoms in total. The van der Waals surface area contributed by atoms with E-state index in [0.29, 0.717) is 6.42 Å². The standard InChI is InChI=1S/C23H19N3O2S/c1-15-4-2-3-5-20(15)17-8-12-19(13-9-17)26-25-18-10-6-16(7-11-18)14-21-22(27)24-23(28)29-21/h2-13,21H,14H2,1H3,(H,24,27,28). The average molecular weight is 401 g/mol. The minimum Gasteiger partial charge on any atom is -0.286 e. The third-order valence-electron chi connectivity index (χ3n) is 4.73. The van der Waals surface area contributed by atoms with Gasteiger partial charge in [0.05, 0.1) is 16.6 Å². The molecule has 0 aliphatic carbocycles. The molecule has 3 aromatic rings. The fourth-order valence-electron chi connectivity index (χ4n) is 3.16. The fourth-order valence-corrected chi connectivity index (χ4v) is 4.02. The zero-order valence-corrected chi connectivity index (χ0v) is 16.6. The molecule has 1 aliphatic rings. The Morgan fingerprint density at radius 3 is 2.07 bits per heavy atom. The van der Waals surface area contributed by atoms with E-state index in [1.165, 1.54) is 11.1 Å². The highest BCUT2D eigenvalue weighted by Gasteiger charge is 2.31. The van der Waals surface area contributed by atoms with Crippen molar-refractivity contribution in [1.29, 1.82) is 0 Å². The fraction of sp³-hybridized carbons (Fsp3) is 0.130. The van der Waals surface area contributed by atoms with Crippen molar-refractivity contribution >= 4 is 34.3 Å². The molecule has 29 heavy (non-hydrogen) atoms. The molecule has 144 valence electrons. The van der Waals surface area contributed by atoms with Crippen LogP contribution in [0.5, 0.6) is 0 Å². The van der Waals surface area contributed by atoms with Gasteiger partial charge in [0.1, 0.15) is 0 Å². The van der Waals surface area contributed by atoms with Gasteiger partial charge in [0.25, 0.3) is 5.24 Å². The van der Waals surface area contributed by atoms with E-state index in [1.54, 1.807) is 0 Å². The molecule has 1 saturated heterocycles. The van der Waals surface area contributed by atoms with Gasteiger partial charge in [-0.1, -0.05) is 60.3 Å². The summed E-state index contributed by atoms with van der Waals surface area (Å²) in [6, 6.07) is 23.8. The molecule has 0 spiro atoms. The Kier molecular flexibility index (Phi) is 5.53. The number of carbonyl (C=O) groups is 2. The van der Waals surface area contributed by atoms with Crippen molar-refractivity contribution < 1.29 is 9.59 Å². The third kappa shape index (κ3) is 4.60. The largest absolute Gasteiger partial charge is 0.286 e. The Morgan fingerprint density at radius 2 is 1.48 bits per heavy atom. The van der Waals surface area contributed by atoms with Crippen LogP contribution in [0.4, 0.5) is 16.2 Å². The molecular formula is C23H19N3O2S. The molecule has 0 radical (unpaired) electrons. The van der Waals surface area contributed by atoms with Crippen LogP contribution in [-0.4, -0.2) is 16.4 Å². The van der Waals surface area contributed by atoms with E-state index >= 15 is 0 Å². The molecule has 3 aromatic carbocycles. The van der Waals surface area contributed by atoms with E-state index < -0.39 is 0 Å². The first-order valence-corrected chi connectivity index (χ1v) is 10.1. The quantitative estimate of drug-likeness (QED) is 0.535. The van der Waals surface area contributed by atoms with E-state index in [-0.39, 0.29) is 16.4 Å². The molecule has 1 N–H and O–H groups in total. The molecule has 1 heterocycles. The topological polar surface area (TPSA) is 70.9 Å². The van der Waals surface area contributed by atoms with Gasteiger partial charge in [-0.15, -0.1) is 0 Å². The van der Waals surface area contributed by atoms with Gasteiger partial charge in [-0.05, 0) is 59.9 Å². The molecule has 0 bridgehead atoms. The highest BCUT2D eigenvalue weighted by atomic mass is 32.2. The van der Waals surface area contributed by atoms with Crippen molar-refractivity contribution in [3.8, 4) is 11.1 Å². The number of benzene rings is 3. The summed E-state index contributed by atoms with van der Waals surface area (Å²) >= 11 is 1.04. The number of nitrogens with zero attached hydrogens (tertiary/aromatic N) is 2. The minimum absolute atomic E-state index is 0.224. The summed E-state index contributed by atoms with van der Waals surface area (Å²) in [5.41, 5.74) is 6.09. The lowest BCUT2D eigenvalue weighted by molar-refractivity contribution is -0.118. The highest BCUT2D eigenvalue weighted by Crippen LogP contribution is 2.27. The number of rotatable bonds is 5. The average Bonchev–Trinajstić information content (AvgIpc) is 3.05. The highest BCUT2D eigenvalue weighted by molar-refractivity contribution is 8.15. The molecule has 4 rings (SSSR count). The van der Waals surface area contributed by atoms with Crippen LogP contribution in [-0.2, 0) is 11.2 Å². The van der Waals surface area contributed by atoms with Crippen LogP contribution in [0.3, 0.4) is 0 Å². The Balaban J connectivity index is 1.41. The molecule has 1 fully saturated rings. The Morgan fingerprint density at radius 1 is 0.862 bits per heavy atom. The number of thioether (sulfide) groups is 1. The normalized spacial score (nSPS) is 16.4. The first-order chi connectivity index (χ1) is 14.1. The number of imide groups is 1. The number of carbonyl (C=O) groups excluding carboxylic acids is 2. The summed E-state index contributed by atoms with van der Waals surface area (Å²) in [5.74, 6) is -0.224. The SMILES string of the molecule is Cc1ccccc1-c1ccc(N=Nc2ccc(CC3SC(=O)NC3=O)cc2)cc1. The maximum atomic E-state index is 11.7. The van der Waals surface area contributed by atoms with Crippen LogP contribution in [0.2, 0.25) is 0 Å². The molecule has 0 aromatic heterocycles. The van der Waals surface area contributed by atoms with E-state index in [9.17, 15) is 9.59 Å². The monoisotopic (exact) mass is 401 g/mol. The number of nitrogens with one attached hydrogen (secondary N) is 1.